The summed E-state index contributed by atoms with van der Waals surface area (Å²) in [6.07, 6.45) is 3.33. The van der Waals surface area contributed by atoms with Gasteiger partial charge in [-0.05, 0) is 60.5 Å². The van der Waals surface area contributed by atoms with Gasteiger partial charge in [-0.1, -0.05) is 30.3 Å². The number of rotatable bonds is 7. The molecule has 1 aliphatic rings. The van der Waals surface area contributed by atoms with Crippen molar-refractivity contribution in [1.29, 1.82) is 0 Å². The zero-order valence-corrected chi connectivity index (χ0v) is 16.9. The van der Waals surface area contributed by atoms with Crippen molar-refractivity contribution in [1.82, 2.24) is 0 Å². The zero-order chi connectivity index (χ0) is 20.9. The first kappa shape index (κ1) is 19.6. The quantitative estimate of drug-likeness (QED) is 0.401. The third-order valence-electron chi connectivity index (χ3n) is 4.87. The number of benzene rings is 3. The Morgan fingerprint density at radius 3 is 2.67 bits per heavy atom. The van der Waals surface area contributed by atoms with Crippen LogP contribution in [0.2, 0.25) is 0 Å². The Hall–Kier alpha value is -3.73. The molecule has 5 nitrogen and oxygen atoms in total. The first-order chi connectivity index (χ1) is 14.6. The standard InChI is InChI=1S/C25H22O5/c1-17-5-3-4-6-22(17)28-15-20-13-18(8-11-23(20)27-2)7-10-21(26)19-9-12-24-25(14-19)30-16-29-24/h3-14H,15-16H2,1-2H3/b10-7+. The predicted octanol–water partition coefficient (Wildman–Crippen LogP) is 5.21. The number of ketones is 1. The van der Waals surface area contributed by atoms with Crippen LogP contribution in [0.4, 0.5) is 0 Å². The van der Waals surface area contributed by atoms with Crippen molar-refractivity contribution in [3.05, 3.63) is 89.0 Å². The van der Waals surface area contributed by atoms with Gasteiger partial charge in [0.1, 0.15) is 18.1 Å². The van der Waals surface area contributed by atoms with E-state index in [-0.39, 0.29) is 12.6 Å². The highest BCUT2D eigenvalue weighted by atomic mass is 16.7. The fourth-order valence-electron chi connectivity index (χ4n) is 3.21. The Bertz CT molecular complexity index is 1100. The van der Waals surface area contributed by atoms with E-state index in [9.17, 15) is 4.79 Å². The molecule has 5 heteroatoms. The Labute approximate surface area is 175 Å². The van der Waals surface area contributed by atoms with E-state index in [0.29, 0.717) is 23.7 Å². The van der Waals surface area contributed by atoms with Gasteiger partial charge in [0.2, 0.25) is 6.79 Å². The van der Waals surface area contributed by atoms with E-state index >= 15 is 0 Å². The normalized spacial score (nSPS) is 12.2. The molecule has 1 aliphatic heterocycles. The number of hydrogen-bond acceptors (Lipinski definition) is 5. The van der Waals surface area contributed by atoms with Gasteiger partial charge >= 0.3 is 0 Å². The van der Waals surface area contributed by atoms with E-state index in [4.69, 9.17) is 18.9 Å². The first-order valence-electron chi connectivity index (χ1n) is 9.61. The summed E-state index contributed by atoms with van der Waals surface area (Å²) in [5.74, 6) is 2.71. The molecule has 30 heavy (non-hydrogen) atoms. The highest BCUT2D eigenvalue weighted by molar-refractivity contribution is 6.07. The van der Waals surface area contributed by atoms with Crippen LogP contribution in [0.3, 0.4) is 0 Å². The van der Waals surface area contributed by atoms with Gasteiger partial charge in [-0.25, -0.2) is 0 Å². The van der Waals surface area contributed by atoms with E-state index in [1.165, 1.54) is 0 Å². The van der Waals surface area contributed by atoms with Crippen LogP contribution >= 0.6 is 0 Å². The van der Waals surface area contributed by atoms with Gasteiger partial charge in [0.05, 0.1) is 7.11 Å². The van der Waals surface area contributed by atoms with E-state index in [1.807, 2.05) is 49.4 Å². The molecule has 152 valence electrons. The summed E-state index contributed by atoms with van der Waals surface area (Å²) in [5, 5.41) is 0. The number of fused-ring (bicyclic) bond motifs is 1. The van der Waals surface area contributed by atoms with Crippen LogP contribution in [0, 0.1) is 6.92 Å². The third-order valence-corrected chi connectivity index (χ3v) is 4.87. The van der Waals surface area contributed by atoms with Crippen molar-refractivity contribution < 1.29 is 23.7 Å². The van der Waals surface area contributed by atoms with Crippen molar-refractivity contribution >= 4 is 11.9 Å². The number of carbonyl (C=O) groups is 1. The average molecular weight is 402 g/mol. The van der Waals surface area contributed by atoms with Crippen molar-refractivity contribution in [2.45, 2.75) is 13.5 Å². The molecule has 0 bridgehead atoms. The fourth-order valence-corrected chi connectivity index (χ4v) is 3.21. The minimum Gasteiger partial charge on any atom is -0.496 e. The van der Waals surface area contributed by atoms with Crippen molar-refractivity contribution in [2.24, 2.45) is 0 Å². The van der Waals surface area contributed by atoms with Crippen LogP contribution in [0.25, 0.3) is 6.08 Å². The van der Waals surface area contributed by atoms with Crippen LogP contribution in [0.1, 0.15) is 27.0 Å². The van der Waals surface area contributed by atoms with Gasteiger partial charge in [-0.15, -0.1) is 0 Å². The third kappa shape index (κ3) is 4.30. The van der Waals surface area contributed by atoms with Gasteiger partial charge in [0.25, 0.3) is 0 Å². The number of aryl methyl sites for hydroxylation is 1. The second kappa shape index (κ2) is 8.74. The highest BCUT2D eigenvalue weighted by Gasteiger charge is 2.15. The molecule has 1 heterocycles. The first-order valence-corrected chi connectivity index (χ1v) is 9.61. The topological polar surface area (TPSA) is 54.0 Å². The molecule has 3 aromatic rings. The molecule has 0 N–H and O–H groups in total. The SMILES string of the molecule is COc1ccc(/C=C/C(=O)c2ccc3c(c2)OCO3)cc1COc1ccccc1C. The van der Waals surface area contributed by atoms with E-state index < -0.39 is 0 Å². The molecule has 3 aromatic carbocycles. The van der Waals surface area contributed by atoms with Crippen LogP contribution in [0.5, 0.6) is 23.0 Å². The summed E-state index contributed by atoms with van der Waals surface area (Å²) >= 11 is 0. The molecule has 0 saturated carbocycles. The summed E-state index contributed by atoms with van der Waals surface area (Å²) in [6.45, 7) is 2.56. The van der Waals surface area contributed by atoms with Gasteiger partial charge < -0.3 is 18.9 Å². The Morgan fingerprint density at radius 1 is 1.00 bits per heavy atom. The maximum atomic E-state index is 12.5. The molecule has 0 radical (unpaired) electrons. The van der Waals surface area contributed by atoms with Crippen LogP contribution < -0.4 is 18.9 Å². The highest BCUT2D eigenvalue weighted by Crippen LogP contribution is 2.32. The van der Waals surface area contributed by atoms with Crippen LogP contribution in [-0.2, 0) is 6.61 Å². The van der Waals surface area contributed by atoms with Gasteiger partial charge in [0.15, 0.2) is 17.3 Å². The number of para-hydroxylation sites is 1. The minimum absolute atomic E-state index is 0.109. The summed E-state index contributed by atoms with van der Waals surface area (Å²) in [5.41, 5.74) is 3.40. The maximum absolute atomic E-state index is 12.5. The lowest BCUT2D eigenvalue weighted by molar-refractivity contribution is 0.104. The molecule has 0 saturated heterocycles. The molecule has 0 fully saturated rings. The molecule has 4 rings (SSSR count). The summed E-state index contributed by atoms with van der Waals surface area (Å²) < 4.78 is 22.0. The van der Waals surface area contributed by atoms with E-state index in [1.54, 1.807) is 37.5 Å². The largest absolute Gasteiger partial charge is 0.496 e. The van der Waals surface area contributed by atoms with Crippen molar-refractivity contribution in [2.75, 3.05) is 13.9 Å². The zero-order valence-electron chi connectivity index (χ0n) is 16.9. The number of methoxy groups -OCH3 is 1. The molecule has 0 atom stereocenters. The van der Waals surface area contributed by atoms with Gasteiger partial charge in [0, 0.05) is 11.1 Å². The number of allylic oxidation sites excluding steroid dienone is 1. The lowest BCUT2D eigenvalue weighted by Crippen LogP contribution is -2.00. The Kier molecular flexibility index (Phi) is 5.70. The maximum Gasteiger partial charge on any atom is 0.231 e. The van der Waals surface area contributed by atoms with Crippen LogP contribution in [0.15, 0.2) is 66.7 Å². The van der Waals surface area contributed by atoms with Crippen molar-refractivity contribution in [3.8, 4) is 23.0 Å². The fraction of sp³-hybridized carbons (Fsp3) is 0.160. The summed E-state index contributed by atoms with van der Waals surface area (Å²) in [6, 6.07) is 18.8. The van der Waals surface area contributed by atoms with Crippen molar-refractivity contribution in [3.63, 3.8) is 0 Å². The molecule has 0 amide bonds. The van der Waals surface area contributed by atoms with Gasteiger partial charge in [-0.3, -0.25) is 4.79 Å². The molecule has 0 unspecified atom stereocenters. The van der Waals surface area contributed by atoms with E-state index in [0.717, 1.165) is 28.2 Å². The lowest BCUT2D eigenvalue weighted by Gasteiger charge is -2.12. The van der Waals surface area contributed by atoms with Crippen LogP contribution in [-0.4, -0.2) is 19.7 Å². The molecular weight excluding hydrogens is 380 g/mol. The summed E-state index contributed by atoms with van der Waals surface area (Å²) in [7, 11) is 1.63. The number of ether oxygens (including phenoxy) is 4. The second-order valence-corrected chi connectivity index (χ2v) is 6.89. The lowest BCUT2D eigenvalue weighted by atomic mass is 10.1. The van der Waals surface area contributed by atoms with E-state index in [2.05, 4.69) is 0 Å². The molecular formula is C25H22O5. The monoisotopic (exact) mass is 402 g/mol. The molecule has 0 spiro atoms. The minimum atomic E-state index is -0.109. The Morgan fingerprint density at radius 2 is 1.83 bits per heavy atom. The molecule has 0 aliphatic carbocycles. The Balaban J connectivity index is 1.49. The second-order valence-electron chi connectivity index (χ2n) is 6.89. The predicted molar refractivity (Wildman–Crippen MR) is 114 cm³/mol. The molecule has 0 aromatic heterocycles. The van der Waals surface area contributed by atoms with Gasteiger partial charge in [-0.2, -0.15) is 0 Å². The smallest absolute Gasteiger partial charge is 0.231 e. The average Bonchev–Trinajstić information content (AvgIpc) is 3.25. The number of carbonyl (C=O) groups excluding carboxylic acids is 1. The summed E-state index contributed by atoms with van der Waals surface area (Å²) in [4.78, 5) is 12.5. The number of hydrogen-bond donors (Lipinski definition) is 0.